The molecule has 19 heavy (non-hydrogen) atoms. The second kappa shape index (κ2) is 5.85. The first-order chi connectivity index (χ1) is 9.13. The van der Waals surface area contributed by atoms with Crippen LogP contribution in [-0.4, -0.2) is 11.7 Å². The molecule has 0 unspecified atom stereocenters. The van der Waals surface area contributed by atoms with E-state index in [1.165, 1.54) is 6.07 Å². The lowest BCUT2D eigenvalue weighted by atomic mass is 10.1. The summed E-state index contributed by atoms with van der Waals surface area (Å²) in [6.07, 6.45) is -0.657. The summed E-state index contributed by atoms with van der Waals surface area (Å²) in [7, 11) is 0. The summed E-state index contributed by atoms with van der Waals surface area (Å²) in [6.45, 7) is 4.28. The SMILES string of the molecule is CCN(c1ccccc1)c1ccc([C@@H](C)O)cc1F. The zero-order valence-electron chi connectivity index (χ0n) is 11.2. The molecule has 0 saturated heterocycles. The van der Waals surface area contributed by atoms with E-state index in [4.69, 9.17) is 0 Å². The Morgan fingerprint density at radius 2 is 1.84 bits per heavy atom. The number of anilines is 2. The number of para-hydroxylation sites is 1. The van der Waals surface area contributed by atoms with Gasteiger partial charge in [-0.1, -0.05) is 24.3 Å². The van der Waals surface area contributed by atoms with Crippen molar-refractivity contribution in [2.24, 2.45) is 0 Å². The van der Waals surface area contributed by atoms with Gasteiger partial charge >= 0.3 is 0 Å². The van der Waals surface area contributed by atoms with Crippen LogP contribution in [0.15, 0.2) is 48.5 Å². The Labute approximate surface area is 113 Å². The highest BCUT2D eigenvalue weighted by molar-refractivity contribution is 5.63. The summed E-state index contributed by atoms with van der Waals surface area (Å²) in [5, 5.41) is 9.47. The summed E-state index contributed by atoms with van der Waals surface area (Å²) >= 11 is 0. The van der Waals surface area contributed by atoms with Crippen molar-refractivity contribution in [1.29, 1.82) is 0 Å². The molecule has 0 saturated carbocycles. The maximum Gasteiger partial charge on any atom is 0.147 e. The molecule has 0 bridgehead atoms. The van der Waals surface area contributed by atoms with E-state index < -0.39 is 6.10 Å². The molecule has 0 aliphatic rings. The molecule has 2 rings (SSSR count). The minimum Gasteiger partial charge on any atom is -0.389 e. The molecule has 3 heteroatoms. The number of nitrogens with zero attached hydrogens (tertiary/aromatic N) is 1. The van der Waals surface area contributed by atoms with Crippen LogP contribution in [0.3, 0.4) is 0 Å². The first kappa shape index (κ1) is 13.6. The fourth-order valence-corrected chi connectivity index (χ4v) is 2.10. The molecule has 1 atom stereocenters. The molecule has 2 aromatic carbocycles. The molecule has 0 aliphatic heterocycles. The molecule has 0 heterocycles. The molecule has 0 aliphatic carbocycles. The quantitative estimate of drug-likeness (QED) is 0.895. The van der Waals surface area contributed by atoms with Crippen LogP contribution in [0, 0.1) is 5.82 Å². The largest absolute Gasteiger partial charge is 0.389 e. The highest BCUT2D eigenvalue weighted by Crippen LogP contribution is 2.29. The predicted molar refractivity (Wildman–Crippen MR) is 76.2 cm³/mol. The van der Waals surface area contributed by atoms with Crippen molar-refractivity contribution in [3.63, 3.8) is 0 Å². The highest BCUT2D eigenvalue weighted by Gasteiger charge is 2.13. The van der Waals surface area contributed by atoms with E-state index in [2.05, 4.69) is 0 Å². The van der Waals surface area contributed by atoms with Gasteiger partial charge in [0, 0.05) is 12.2 Å². The second-order valence-corrected chi connectivity index (χ2v) is 4.47. The van der Waals surface area contributed by atoms with Crippen molar-refractivity contribution >= 4 is 11.4 Å². The number of benzene rings is 2. The summed E-state index contributed by atoms with van der Waals surface area (Å²) in [5.74, 6) is -0.316. The summed E-state index contributed by atoms with van der Waals surface area (Å²) in [5.41, 5.74) is 2.07. The Hall–Kier alpha value is -1.87. The molecule has 2 nitrogen and oxygen atoms in total. The maximum absolute atomic E-state index is 14.2. The van der Waals surface area contributed by atoms with Crippen LogP contribution >= 0.6 is 0 Å². The van der Waals surface area contributed by atoms with Crippen LogP contribution in [0.4, 0.5) is 15.8 Å². The van der Waals surface area contributed by atoms with Crippen molar-refractivity contribution in [2.75, 3.05) is 11.4 Å². The predicted octanol–water partition coefficient (Wildman–Crippen LogP) is 4.04. The highest BCUT2D eigenvalue weighted by atomic mass is 19.1. The van der Waals surface area contributed by atoms with Crippen molar-refractivity contribution in [3.8, 4) is 0 Å². The maximum atomic E-state index is 14.2. The van der Waals surface area contributed by atoms with E-state index in [9.17, 15) is 9.50 Å². The van der Waals surface area contributed by atoms with Crippen LogP contribution in [0.25, 0.3) is 0 Å². The first-order valence-corrected chi connectivity index (χ1v) is 6.43. The number of halogens is 1. The topological polar surface area (TPSA) is 23.5 Å². The average Bonchev–Trinajstić information content (AvgIpc) is 2.42. The molecule has 100 valence electrons. The van der Waals surface area contributed by atoms with E-state index in [1.807, 2.05) is 42.2 Å². The van der Waals surface area contributed by atoms with Crippen LogP contribution in [-0.2, 0) is 0 Å². The molecule has 0 fully saturated rings. The second-order valence-electron chi connectivity index (χ2n) is 4.47. The Morgan fingerprint density at radius 1 is 1.16 bits per heavy atom. The van der Waals surface area contributed by atoms with Gasteiger partial charge in [0.1, 0.15) is 5.82 Å². The Bertz CT molecular complexity index is 540. The van der Waals surface area contributed by atoms with E-state index in [-0.39, 0.29) is 5.82 Å². The van der Waals surface area contributed by atoms with Crippen molar-refractivity contribution in [3.05, 3.63) is 59.9 Å². The van der Waals surface area contributed by atoms with Gasteiger partial charge in [0.15, 0.2) is 0 Å². The lowest BCUT2D eigenvalue weighted by Gasteiger charge is -2.24. The van der Waals surface area contributed by atoms with Gasteiger partial charge in [-0.15, -0.1) is 0 Å². The Kier molecular flexibility index (Phi) is 4.17. The van der Waals surface area contributed by atoms with E-state index >= 15 is 0 Å². The standard InChI is InChI=1S/C16H18FNO/c1-3-18(14-7-5-4-6-8-14)16-10-9-13(12(2)19)11-15(16)17/h4-12,19H,3H2,1-2H3/t12-/m1/s1. The minimum absolute atomic E-state index is 0.316. The molecule has 0 amide bonds. The molecular weight excluding hydrogens is 241 g/mol. The fourth-order valence-electron chi connectivity index (χ4n) is 2.10. The molecule has 0 aromatic heterocycles. The van der Waals surface area contributed by atoms with Crippen LogP contribution in [0.2, 0.25) is 0 Å². The molecule has 0 radical (unpaired) electrons. The van der Waals surface area contributed by atoms with Crippen LogP contribution in [0.1, 0.15) is 25.5 Å². The van der Waals surface area contributed by atoms with Crippen molar-refractivity contribution in [1.82, 2.24) is 0 Å². The van der Waals surface area contributed by atoms with E-state index in [0.29, 0.717) is 17.8 Å². The summed E-state index contributed by atoms with van der Waals surface area (Å²) in [4.78, 5) is 1.90. The van der Waals surface area contributed by atoms with Gasteiger partial charge in [-0.3, -0.25) is 0 Å². The summed E-state index contributed by atoms with van der Waals surface area (Å²) in [6, 6.07) is 14.6. The zero-order chi connectivity index (χ0) is 13.8. The van der Waals surface area contributed by atoms with E-state index in [1.54, 1.807) is 19.1 Å². The van der Waals surface area contributed by atoms with Crippen molar-refractivity contribution < 1.29 is 9.50 Å². The summed E-state index contributed by atoms with van der Waals surface area (Å²) < 4.78 is 14.2. The average molecular weight is 259 g/mol. The van der Waals surface area contributed by atoms with Gasteiger partial charge in [0.25, 0.3) is 0 Å². The molecular formula is C16H18FNO. The first-order valence-electron chi connectivity index (χ1n) is 6.43. The monoisotopic (exact) mass is 259 g/mol. The van der Waals surface area contributed by atoms with Crippen molar-refractivity contribution in [2.45, 2.75) is 20.0 Å². The Morgan fingerprint density at radius 3 is 2.37 bits per heavy atom. The lowest BCUT2D eigenvalue weighted by Crippen LogP contribution is -2.17. The number of hydrogen-bond acceptors (Lipinski definition) is 2. The molecule has 2 aromatic rings. The van der Waals surface area contributed by atoms with Crippen LogP contribution < -0.4 is 4.90 Å². The minimum atomic E-state index is -0.657. The molecule has 1 N–H and O–H groups in total. The number of aliphatic hydroxyl groups is 1. The number of rotatable bonds is 4. The number of aliphatic hydroxyl groups excluding tert-OH is 1. The Balaban J connectivity index is 2.39. The smallest absolute Gasteiger partial charge is 0.147 e. The van der Waals surface area contributed by atoms with Crippen LogP contribution in [0.5, 0.6) is 0 Å². The van der Waals surface area contributed by atoms with Gasteiger partial charge in [-0.2, -0.15) is 0 Å². The van der Waals surface area contributed by atoms with E-state index in [0.717, 1.165) is 5.69 Å². The third kappa shape index (κ3) is 2.93. The molecule has 0 spiro atoms. The van der Waals surface area contributed by atoms with Gasteiger partial charge in [-0.05, 0) is 43.7 Å². The van der Waals surface area contributed by atoms with Gasteiger partial charge in [0.2, 0.25) is 0 Å². The number of hydrogen-bond donors (Lipinski definition) is 1. The third-order valence-electron chi connectivity index (χ3n) is 3.13. The third-order valence-corrected chi connectivity index (χ3v) is 3.13. The fraction of sp³-hybridized carbons (Fsp3) is 0.250. The van der Waals surface area contributed by atoms with Gasteiger partial charge in [-0.25, -0.2) is 4.39 Å². The van der Waals surface area contributed by atoms with Gasteiger partial charge in [0.05, 0.1) is 11.8 Å². The normalized spacial score (nSPS) is 12.2. The zero-order valence-corrected chi connectivity index (χ0v) is 11.2. The van der Waals surface area contributed by atoms with Gasteiger partial charge < -0.3 is 10.0 Å². The lowest BCUT2D eigenvalue weighted by molar-refractivity contribution is 0.199.